The number of amides is 1. The highest BCUT2D eigenvalue weighted by atomic mass is 19.4. The predicted molar refractivity (Wildman–Crippen MR) is 72.1 cm³/mol. The summed E-state index contributed by atoms with van der Waals surface area (Å²) in [4.78, 5) is 12.9. The molecule has 0 saturated heterocycles. The number of hydrogen-bond donors (Lipinski definition) is 1. The van der Waals surface area contributed by atoms with E-state index in [4.69, 9.17) is 5.73 Å². The monoisotopic (exact) mass is 288 g/mol. The van der Waals surface area contributed by atoms with Crippen molar-refractivity contribution in [2.24, 2.45) is 0 Å². The lowest BCUT2D eigenvalue weighted by molar-refractivity contribution is -0.160. The van der Waals surface area contributed by atoms with E-state index in [2.05, 4.69) is 0 Å². The van der Waals surface area contributed by atoms with Crippen LogP contribution in [0, 0.1) is 0 Å². The maximum Gasteiger partial charge on any atom is 0.406 e. The first kappa shape index (κ1) is 16.3. The number of benzene rings is 1. The van der Waals surface area contributed by atoms with Gasteiger partial charge in [0.1, 0.15) is 6.54 Å². The highest BCUT2D eigenvalue weighted by Crippen LogP contribution is 2.18. The van der Waals surface area contributed by atoms with Crippen molar-refractivity contribution in [1.82, 2.24) is 4.90 Å². The van der Waals surface area contributed by atoms with E-state index in [0.717, 1.165) is 11.3 Å². The van der Waals surface area contributed by atoms with E-state index in [1.165, 1.54) is 0 Å². The molecule has 0 spiro atoms. The van der Waals surface area contributed by atoms with E-state index in [0.29, 0.717) is 17.7 Å². The molecule has 20 heavy (non-hydrogen) atoms. The van der Waals surface area contributed by atoms with Gasteiger partial charge in [0.2, 0.25) is 5.91 Å². The first-order valence-corrected chi connectivity index (χ1v) is 6.50. The van der Waals surface area contributed by atoms with Crippen LogP contribution in [0.1, 0.15) is 25.3 Å². The molecule has 0 aliphatic carbocycles. The molecule has 3 nitrogen and oxygen atoms in total. The van der Waals surface area contributed by atoms with Gasteiger partial charge in [0.25, 0.3) is 0 Å². The number of nitrogens with zero attached hydrogens (tertiary/aromatic N) is 1. The summed E-state index contributed by atoms with van der Waals surface area (Å²) in [7, 11) is 0. The number of nitrogens with two attached hydrogens (primary N) is 1. The van der Waals surface area contributed by atoms with Crippen LogP contribution in [0.5, 0.6) is 0 Å². The zero-order valence-corrected chi connectivity index (χ0v) is 11.4. The zero-order valence-electron chi connectivity index (χ0n) is 11.4. The molecule has 0 unspecified atom stereocenters. The molecule has 1 rings (SSSR count). The number of alkyl halides is 3. The van der Waals surface area contributed by atoms with Gasteiger partial charge in [0, 0.05) is 12.2 Å². The molecule has 0 fully saturated rings. The summed E-state index contributed by atoms with van der Waals surface area (Å²) in [5, 5.41) is 0. The number of anilines is 1. The second-order valence-electron chi connectivity index (χ2n) is 4.70. The molecule has 0 aromatic heterocycles. The number of carbonyl (C=O) groups excluding carboxylic acids is 1. The van der Waals surface area contributed by atoms with Crippen molar-refractivity contribution in [1.29, 1.82) is 0 Å². The molecule has 0 bridgehead atoms. The molecule has 2 N–H and O–H groups in total. The Labute approximate surface area is 116 Å². The van der Waals surface area contributed by atoms with Crippen LogP contribution in [0.4, 0.5) is 18.9 Å². The van der Waals surface area contributed by atoms with Crippen molar-refractivity contribution < 1.29 is 18.0 Å². The van der Waals surface area contributed by atoms with Crippen LogP contribution in [-0.2, 0) is 11.2 Å². The van der Waals surface area contributed by atoms with Gasteiger partial charge in [0.05, 0.1) is 6.42 Å². The number of carbonyl (C=O) groups is 1. The van der Waals surface area contributed by atoms with Gasteiger partial charge < -0.3 is 10.6 Å². The zero-order chi connectivity index (χ0) is 15.2. The van der Waals surface area contributed by atoms with Gasteiger partial charge in [-0.2, -0.15) is 13.2 Å². The standard InChI is InChI=1S/C14H19F3N2O/c1-2-3-8-19(10-14(15,16)17)13(20)9-11-4-6-12(18)7-5-11/h4-7H,2-3,8-10,18H2,1H3. The Morgan fingerprint density at radius 3 is 2.35 bits per heavy atom. The fraction of sp³-hybridized carbons (Fsp3) is 0.500. The fourth-order valence-electron chi connectivity index (χ4n) is 1.78. The van der Waals surface area contributed by atoms with E-state index < -0.39 is 18.6 Å². The lowest BCUT2D eigenvalue weighted by Crippen LogP contribution is -2.40. The summed E-state index contributed by atoms with van der Waals surface area (Å²) >= 11 is 0. The van der Waals surface area contributed by atoms with Crippen LogP contribution >= 0.6 is 0 Å². The average molecular weight is 288 g/mol. The molecule has 112 valence electrons. The third kappa shape index (κ3) is 5.95. The number of unbranched alkanes of at least 4 members (excludes halogenated alkanes) is 1. The van der Waals surface area contributed by atoms with Crippen molar-refractivity contribution in [3.05, 3.63) is 29.8 Å². The fourth-order valence-corrected chi connectivity index (χ4v) is 1.78. The van der Waals surface area contributed by atoms with E-state index in [1.54, 1.807) is 24.3 Å². The van der Waals surface area contributed by atoms with Crippen molar-refractivity contribution in [2.45, 2.75) is 32.4 Å². The maximum atomic E-state index is 12.5. The maximum absolute atomic E-state index is 12.5. The molecule has 1 aromatic rings. The Balaban J connectivity index is 2.69. The van der Waals surface area contributed by atoms with Crippen LogP contribution in [0.3, 0.4) is 0 Å². The summed E-state index contributed by atoms with van der Waals surface area (Å²) < 4.78 is 37.4. The van der Waals surface area contributed by atoms with Gasteiger partial charge >= 0.3 is 6.18 Å². The van der Waals surface area contributed by atoms with E-state index in [1.807, 2.05) is 6.92 Å². The molecular formula is C14H19F3N2O. The van der Waals surface area contributed by atoms with Gasteiger partial charge in [-0.3, -0.25) is 4.79 Å². The van der Waals surface area contributed by atoms with Crippen molar-refractivity contribution in [3.8, 4) is 0 Å². The van der Waals surface area contributed by atoms with Crippen LogP contribution in [-0.4, -0.2) is 30.1 Å². The number of halogens is 3. The Morgan fingerprint density at radius 1 is 1.25 bits per heavy atom. The van der Waals surface area contributed by atoms with E-state index >= 15 is 0 Å². The van der Waals surface area contributed by atoms with E-state index in [9.17, 15) is 18.0 Å². The molecule has 1 aromatic carbocycles. The predicted octanol–water partition coefficient (Wildman–Crippen LogP) is 3.00. The Bertz CT molecular complexity index is 429. The molecule has 1 amide bonds. The molecule has 0 heterocycles. The normalized spacial score (nSPS) is 11.4. The summed E-state index contributed by atoms with van der Waals surface area (Å²) in [5.41, 5.74) is 6.74. The van der Waals surface area contributed by atoms with Gasteiger partial charge in [-0.25, -0.2) is 0 Å². The number of hydrogen-bond acceptors (Lipinski definition) is 2. The molecular weight excluding hydrogens is 269 g/mol. The van der Waals surface area contributed by atoms with Crippen LogP contribution in [0.15, 0.2) is 24.3 Å². The van der Waals surface area contributed by atoms with Crippen LogP contribution in [0.2, 0.25) is 0 Å². The minimum absolute atomic E-state index is 0.0416. The number of nitrogen functional groups attached to an aromatic ring is 1. The third-order valence-electron chi connectivity index (χ3n) is 2.84. The summed E-state index contributed by atoms with van der Waals surface area (Å²) in [5.74, 6) is -0.513. The lowest BCUT2D eigenvalue weighted by atomic mass is 10.1. The Kier molecular flexibility index (Phi) is 5.85. The Hall–Kier alpha value is -1.72. The SMILES string of the molecule is CCCCN(CC(F)(F)F)C(=O)Cc1ccc(N)cc1. The van der Waals surface area contributed by atoms with Gasteiger partial charge in [-0.1, -0.05) is 25.5 Å². The molecule has 0 aliphatic rings. The smallest absolute Gasteiger partial charge is 0.399 e. The molecule has 0 radical (unpaired) electrons. The summed E-state index contributed by atoms with van der Waals surface area (Å²) in [6.45, 7) is 0.806. The molecule has 0 aliphatic heterocycles. The quantitative estimate of drug-likeness (QED) is 0.818. The summed E-state index contributed by atoms with van der Waals surface area (Å²) in [6.07, 6.45) is -3.11. The Morgan fingerprint density at radius 2 is 1.85 bits per heavy atom. The highest BCUT2D eigenvalue weighted by Gasteiger charge is 2.32. The van der Waals surface area contributed by atoms with Gasteiger partial charge in [-0.05, 0) is 24.1 Å². The third-order valence-corrected chi connectivity index (χ3v) is 2.84. The second-order valence-corrected chi connectivity index (χ2v) is 4.70. The molecule has 0 saturated carbocycles. The minimum atomic E-state index is -4.37. The van der Waals surface area contributed by atoms with Crippen molar-refractivity contribution in [2.75, 3.05) is 18.8 Å². The van der Waals surface area contributed by atoms with Crippen molar-refractivity contribution >= 4 is 11.6 Å². The molecule has 0 atom stereocenters. The van der Waals surface area contributed by atoms with Crippen LogP contribution < -0.4 is 5.73 Å². The first-order valence-electron chi connectivity index (χ1n) is 6.50. The van der Waals surface area contributed by atoms with Crippen molar-refractivity contribution in [3.63, 3.8) is 0 Å². The highest BCUT2D eigenvalue weighted by molar-refractivity contribution is 5.79. The summed E-state index contributed by atoms with van der Waals surface area (Å²) in [6, 6.07) is 6.56. The van der Waals surface area contributed by atoms with Crippen LogP contribution in [0.25, 0.3) is 0 Å². The lowest BCUT2D eigenvalue weighted by Gasteiger charge is -2.24. The molecule has 6 heteroatoms. The largest absolute Gasteiger partial charge is 0.406 e. The van der Waals surface area contributed by atoms with Gasteiger partial charge in [0.15, 0.2) is 0 Å². The van der Waals surface area contributed by atoms with E-state index in [-0.39, 0.29) is 13.0 Å². The minimum Gasteiger partial charge on any atom is -0.399 e. The number of rotatable bonds is 6. The average Bonchev–Trinajstić information content (AvgIpc) is 2.36. The second kappa shape index (κ2) is 7.17. The van der Waals surface area contributed by atoms with Gasteiger partial charge in [-0.15, -0.1) is 0 Å². The first-order chi connectivity index (χ1) is 9.31. The topological polar surface area (TPSA) is 46.3 Å².